The maximum atomic E-state index is 12.3. The van der Waals surface area contributed by atoms with E-state index in [4.69, 9.17) is 5.11 Å². The molecule has 2 heterocycles. The second-order valence-electron chi connectivity index (χ2n) is 4.54. The summed E-state index contributed by atoms with van der Waals surface area (Å²) in [7, 11) is 0. The van der Waals surface area contributed by atoms with Crippen molar-refractivity contribution >= 4 is 32.9 Å². The summed E-state index contributed by atoms with van der Waals surface area (Å²) in [5.41, 5.74) is 1.25. The number of aromatic carboxylic acids is 1. The fourth-order valence-electron chi connectivity index (χ4n) is 1.97. The van der Waals surface area contributed by atoms with Crippen LogP contribution in [0.3, 0.4) is 0 Å². The highest BCUT2D eigenvalue weighted by Crippen LogP contribution is 2.09. The maximum absolute atomic E-state index is 12.3. The molecule has 8 heteroatoms. The molecule has 7 nitrogen and oxygen atoms in total. The van der Waals surface area contributed by atoms with Crippen LogP contribution in [0.1, 0.15) is 15.9 Å². The number of carboxylic acids is 1. The zero-order chi connectivity index (χ0) is 15.7. The molecule has 0 unspecified atom stereocenters. The third-order valence-corrected chi connectivity index (χ3v) is 3.44. The second kappa shape index (κ2) is 5.64. The van der Waals surface area contributed by atoms with E-state index >= 15 is 0 Å². The molecule has 0 amide bonds. The minimum atomic E-state index is -0.993. The van der Waals surface area contributed by atoms with Crippen LogP contribution in [0.5, 0.6) is 0 Å². The molecule has 2 aromatic heterocycles. The van der Waals surface area contributed by atoms with Crippen LogP contribution in [0, 0.1) is 0 Å². The van der Waals surface area contributed by atoms with Crippen LogP contribution in [-0.4, -0.2) is 30.8 Å². The zero-order valence-electron chi connectivity index (χ0n) is 11.1. The molecule has 0 spiro atoms. The number of aromatic nitrogens is 4. The number of hydrogen-bond donors (Lipinski definition) is 1. The third-order valence-electron chi connectivity index (χ3n) is 3.06. The molecule has 3 rings (SSSR count). The van der Waals surface area contributed by atoms with E-state index in [0.717, 1.165) is 5.56 Å². The Morgan fingerprint density at radius 2 is 1.95 bits per heavy atom. The van der Waals surface area contributed by atoms with Crippen molar-refractivity contribution in [2.24, 2.45) is 0 Å². The summed E-state index contributed by atoms with van der Waals surface area (Å²) >= 11 is 3.18. The van der Waals surface area contributed by atoms with Gasteiger partial charge in [-0.15, -0.1) is 0 Å². The van der Waals surface area contributed by atoms with E-state index in [0.29, 0.717) is 10.1 Å². The quantitative estimate of drug-likeness (QED) is 0.763. The summed E-state index contributed by atoms with van der Waals surface area (Å²) in [5, 5.41) is 12.9. The number of carboxylic acid groups (broad SMARTS) is 1. The molecular formula is C14H9BrN4O3. The topological polar surface area (TPSA) is 98.0 Å². The summed E-state index contributed by atoms with van der Waals surface area (Å²) in [6.45, 7) is 0.225. The van der Waals surface area contributed by atoms with Gasteiger partial charge in [0.25, 0.3) is 5.56 Å². The summed E-state index contributed by atoms with van der Waals surface area (Å²) in [6, 6.07) is 6.27. The largest absolute Gasteiger partial charge is 0.478 e. The first kappa shape index (κ1) is 14.3. The van der Waals surface area contributed by atoms with Gasteiger partial charge in [-0.2, -0.15) is 5.10 Å². The summed E-state index contributed by atoms with van der Waals surface area (Å²) < 4.78 is 1.74. The van der Waals surface area contributed by atoms with Gasteiger partial charge in [-0.05, 0) is 33.6 Å². The number of benzene rings is 1. The van der Waals surface area contributed by atoms with Gasteiger partial charge in [0.1, 0.15) is 10.1 Å². The van der Waals surface area contributed by atoms with Crippen LogP contribution >= 0.6 is 15.9 Å². The van der Waals surface area contributed by atoms with Gasteiger partial charge in [-0.1, -0.05) is 12.1 Å². The molecule has 22 heavy (non-hydrogen) atoms. The molecule has 1 aromatic carbocycles. The van der Waals surface area contributed by atoms with Crippen molar-refractivity contribution < 1.29 is 9.90 Å². The molecule has 0 aliphatic heterocycles. The average molecular weight is 361 g/mol. The number of halogens is 1. The number of hydrogen-bond acceptors (Lipinski definition) is 5. The van der Waals surface area contributed by atoms with Gasteiger partial charge >= 0.3 is 5.97 Å². The Labute approximate surface area is 132 Å². The Kier molecular flexibility index (Phi) is 3.68. The predicted molar refractivity (Wildman–Crippen MR) is 81.8 cm³/mol. The monoisotopic (exact) mass is 360 g/mol. The highest BCUT2D eigenvalue weighted by Gasteiger charge is 2.08. The molecule has 0 bridgehead atoms. The lowest BCUT2D eigenvalue weighted by atomic mass is 10.1. The van der Waals surface area contributed by atoms with Crippen molar-refractivity contribution in [2.75, 3.05) is 0 Å². The van der Waals surface area contributed by atoms with Gasteiger partial charge in [0.15, 0.2) is 5.52 Å². The Bertz CT molecular complexity index is 922. The highest BCUT2D eigenvalue weighted by molar-refractivity contribution is 9.10. The van der Waals surface area contributed by atoms with Crippen molar-refractivity contribution in [2.45, 2.75) is 6.54 Å². The SMILES string of the molecule is O=C(O)c1ccc(Cn2ncc3ncc(Br)nc3c2=O)cc1. The van der Waals surface area contributed by atoms with E-state index in [9.17, 15) is 9.59 Å². The van der Waals surface area contributed by atoms with E-state index < -0.39 is 5.97 Å². The molecular weight excluding hydrogens is 352 g/mol. The number of fused-ring (bicyclic) bond motifs is 1. The average Bonchev–Trinajstić information content (AvgIpc) is 2.51. The maximum Gasteiger partial charge on any atom is 0.335 e. The second-order valence-corrected chi connectivity index (χ2v) is 5.35. The molecule has 110 valence electrons. The molecule has 0 saturated heterocycles. The van der Waals surface area contributed by atoms with Crippen molar-refractivity contribution in [3.8, 4) is 0 Å². The van der Waals surface area contributed by atoms with Crippen LogP contribution < -0.4 is 5.56 Å². The van der Waals surface area contributed by atoms with E-state index in [1.807, 2.05) is 0 Å². The summed E-state index contributed by atoms with van der Waals surface area (Å²) in [5.74, 6) is -0.993. The first-order chi connectivity index (χ1) is 10.5. The lowest BCUT2D eigenvalue weighted by Gasteiger charge is -2.06. The number of rotatable bonds is 3. The van der Waals surface area contributed by atoms with Crippen LogP contribution in [0.25, 0.3) is 11.0 Å². The molecule has 0 aliphatic rings. The van der Waals surface area contributed by atoms with Crippen LogP contribution in [0.4, 0.5) is 0 Å². The normalized spacial score (nSPS) is 10.8. The van der Waals surface area contributed by atoms with Gasteiger partial charge in [0.2, 0.25) is 0 Å². The fraction of sp³-hybridized carbons (Fsp3) is 0.0714. The molecule has 0 saturated carbocycles. The van der Waals surface area contributed by atoms with E-state index in [1.54, 1.807) is 12.1 Å². The van der Waals surface area contributed by atoms with Gasteiger partial charge in [0.05, 0.1) is 24.5 Å². The zero-order valence-corrected chi connectivity index (χ0v) is 12.7. The standard InChI is InChI=1S/C14H9BrN4O3/c15-11-6-16-10-5-17-19(13(20)12(10)18-11)7-8-1-3-9(4-2-8)14(21)22/h1-6H,7H2,(H,21,22). The first-order valence-corrected chi connectivity index (χ1v) is 7.04. The van der Waals surface area contributed by atoms with Crippen LogP contribution in [0.15, 0.2) is 46.1 Å². The van der Waals surface area contributed by atoms with Crippen molar-refractivity contribution in [1.82, 2.24) is 19.7 Å². The Hall–Kier alpha value is -2.61. The molecule has 0 aliphatic carbocycles. The summed E-state index contributed by atoms with van der Waals surface area (Å²) in [6.07, 6.45) is 2.97. The lowest BCUT2D eigenvalue weighted by Crippen LogP contribution is -2.24. The Morgan fingerprint density at radius 3 is 2.64 bits per heavy atom. The van der Waals surface area contributed by atoms with E-state index in [2.05, 4.69) is 31.0 Å². The van der Waals surface area contributed by atoms with Gasteiger partial charge in [-0.25, -0.2) is 19.4 Å². The molecule has 0 radical (unpaired) electrons. The smallest absolute Gasteiger partial charge is 0.335 e. The minimum absolute atomic E-state index is 0.192. The minimum Gasteiger partial charge on any atom is -0.478 e. The highest BCUT2D eigenvalue weighted by atomic mass is 79.9. The Balaban J connectivity index is 1.98. The molecule has 1 N–H and O–H groups in total. The van der Waals surface area contributed by atoms with Crippen molar-refractivity contribution in [3.63, 3.8) is 0 Å². The first-order valence-electron chi connectivity index (χ1n) is 6.25. The van der Waals surface area contributed by atoms with Crippen LogP contribution in [0.2, 0.25) is 0 Å². The van der Waals surface area contributed by atoms with Gasteiger partial charge in [0, 0.05) is 0 Å². The van der Waals surface area contributed by atoms with E-state index in [1.165, 1.54) is 29.2 Å². The number of carbonyl (C=O) groups is 1. The van der Waals surface area contributed by atoms with Crippen LogP contribution in [-0.2, 0) is 6.54 Å². The van der Waals surface area contributed by atoms with E-state index in [-0.39, 0.29) is 23.2 Å². The third kappa shape index (κ3) is 2.73. The van der Waals surface area contributed by atoms with Crippen molar-refractivity contribution in [1.29, 1.82) is 0 Å². The molecule has 0 fully saturated rings. The summed E-state index contributed by atoms with van der Waals surface area (Å²) in [4.78, 5) is 31.3. The molecule has 0 atom stereocenters. The van der Waals surface area contributed by atoms with Gasteiger partial charge in [-0.3, -0.25) is 4.79 Å². The van der Waals surface area contributed by atoms with Gasteiger partial charge < -0.3 is 5.11 Å². The van der Waals surface area contributed by atoms with Crippen molar-refractivity contribution in [3.05, 3.63) is 62.7 Å². The molecule has 3 aromatic rings. The fourth-order valence-corrected chi connectivity index (χ4v) is 2.25. The Morgan fingerprint density at radius 1 is 1.23 bits per heavy atom. The lowest BCUT2D eigenvalue weighted by molar-refractivity contribution is 0.0697. The number of nitrogens with zero attached hydrogens (tertiary/aromatic N) is 4. The predicted octanol–water partition coefficient (Wildman–Crippen LogP) is 1.70.